The van der Waals surface area contributed by atoms with Gasteiger partial charge in [0.1, 0.15) is 16.6 Å². The third-order valence-corrected chi connectivity index (χ3v) is 7.57. The Hall–Kier alpha value is -3.38. The second-order valence-electron chi connectivity index (χ2n) is 8.54. The summed E-state index contributed by atoms with van der Waals surface area (Å²) in [7, 11) is 1.78. The monoisotopic (exact) mass is 503 g/mol. The van der Waals surface area contributed by atoms with E-state index in [1.807, 2.05) is 11.9 Å². The quantitative estimate of drug-likeness (QED) is 0.584. The molecule has 4 heterocycles. The number of amides is 1. The highest BCUT2D eigenvalue weighted by Gasteiger charge is 2.50. The minimum absolute atomic E-state index is 0.0612. The fourth-order valence-corrected chi connectivity index (χ4v) is 5.67. The summed E-state index contributed by atoms with van der Waals surface area (Å²) in [5, 5.41) is 21.4. The molecule has 0 aliphatic carbocycles. The molecule has 1 amide bonds. The summed E-state index contributed by atoms with van der Waals surface area (Å²) < 4.78 is 34.5. The van der Waals surface area contributed by atoms with Gasteiger partial charge in [0, 0.05) is 38.9 Å². The fourth-order valence-electron chi connectivity index (χ4n) is 4.80. The maximum absolute atomic E-state index is 14.1. The standard InChI is InChI=1S/C23H23F2N5O4S/c1-3-29-22(33)18-20(32)19(31)15(11-30(18)28(2)23(29)7-4-8-34-12-23)21-27-26-17(35-21)9-13-5-6-14(24)10-16(13)25/h5-6,10-11,32H,3-4,7-9,12H2,1-2H3. The van der Waals surface area contributed by atoms with E-state index in [1.165, 1.54) is 16.9 Å². The Morgan fingerprint density at radius 2 is 2.06 bits per heavy atom. The van der Waals surface area contributed by atoms with Gasteiger partial charge in [0.25, 0.3) is 5.91 Å². The normalized spacial score (nSPS) is 19.9. The van der Waals surface area contributed by atoms with Crippen LogP contribution in [0.4, 0.5) is 8.78 Å². The first kappa shape index (κ1) is 23.4. The van der Waals surface area contributed by atoms with Crippen LogP contribution >= 0.6 is 11.3 Å². The molecule has 5 rings (SSSR count). The van der Waals surface area contributed by atoms with Crippen molar-refractivity contribution in [3.63, 3.8) is 0 Å². The van der Waals surface area contributed by atoms with Crippen molar-refractivity contribution in [2.24, 2.45) is 0 Å². The van der Waals surface area contributed by atoms with Crippen LogP contribution in [0.15, 0.2) is 29.2 Å². The number of ether oxygens (including phenoxy) is 1. The Kier molecular flexibility index (Phi) is 5.80. The molecule has 0 saturated carbocycles. The van der Waals surface area contributed by atoms with Gasteiger partial charge in [-0.3, -0.25) is 19.3 Å². The van der Waals surface area contributed by atoms with Gasteiger partial charge in [-0.05, 0) is 31.4 Å². The zero-order chi connectivity index (χ0) is 24.9. The number of aromatic hydroxyl groups is 1. The number of halogens is 2. The van der Waals surface area contributed by atoms with E-state index in [9.17, 15) is 23.5 Å². The van der Waals surface area contributed by atoms with Crippen LogP contribution in [0.1, 0.15) is 40.8 Å². The van der Waals surface area contributed by atoms with Crippen molar-refractivity contribution >= 4 is 17.2 Å². The Balaban J connectivity index is 1.57. The van der Waals surface area contributed by atoms with Crippen molar-refractivity contribution in [3.8, 4) is 16.3 Å². The number of hydrogen-bond acceptors (Lipinski definition) is 8. The predicted octanol–water partition coefficient (Wildman–Crippen LogP) is 2.49. The number of fused-ring (bicyclic) bond motifs is 1. The van der Waals surface area contributed by atoms with Gasteiger partial charge >= 0.3 is 0 Å². The van der Waals surface area contributed by atoms with Crippen LogP contribution in [0.25, 0.3) is 10.6 Å². The molecule has 1 fully saturated rings. The minimum Gasteiger partial charge on any atom is -0.502 e. The maximum Gasteiger partial charge on any atom is 0.278 e. The highest BCUT2D eigenvalue weighted by atomic mass is 32.1. The molecule has 2 aliphatic heterocycles. The summed E-state index contributed by atoms with van der Waals surface area (Å²) >= 11 is 1.06. The second kappa shape index (κ2) is 8.68. The second-order valence-corrected chi connectivity index (χ2v) is 9.60. The molecule has 1 unspecified atom stereocenters. The first-order chi connectivity index (χ1) is 16.8. The van der Waals surface area contributed by atoms with Crippen molar-refractivity contribution in [1.82, 2.24) is 19.8 Å². The van der Waals surface area contributed by atoms with Crippen LogP contribution in [0.5, 0.6) is 5.75 Å². The summed E-state index contributed by atoms with van der Waals surface area (Å²) in [5.41, 5.74) is -1.34. The number of pyridine rings is 1. The predicted molar refractivity (Wildman–Crippen MR) is 124 cm³/mol. The van der Waals surface area contributed by atoms with Crippen LogP contribution in [-0.4, -0.2) is 63.3 Å². The smallest absolute Gasteiger partial charge is 0.278 e. The number of carbonyl (C=O) groups excluding carboxylic acids is 1. The van der Waals surface area contributed by atoms with Gasteiger partial charge in [-0.1, -0.05) is 17.4 Å². The average molecular weight is 504 g/mol. The number of nitrogens with zero attached hydrogens (tertiary/aromatic N) is 5. The zero-order valence-electron chi connectivity index (χ0n) is 19.1. The van der Waals surface area contributed by atoms with E-state index in [2.05, 4.69) is 10.2 Å². The fraction of sp³-hybridized carbons (Fsp3) is 0.391. The van der Waals surface area contributed by atoms with Crippen molar-refractivity contribution in [2.45, 2.75) is 31.8 Å². The highest BCUT2D eigenvalue weighted by molar-refractivity contribution is 7.14. The van der Waals surface area contributed by atoms with Gasteiger partial charge in [-0.2, -0.15) is 0 Å². The zero-order valence-corrected chi connectivity index (χ0v) is 19.9. The lowest BCUT2D eigenvalue weighted by atomic mass is 9.97. The van der Waals surface area contributed by atoms with Gasteiger partial charge < -0.3 is 14.7 Å². The molecule has 1 N–H and O–H groups in total. The molecular weight excluding hydrogens is 480 g/mol. The molecule has 1 saturated heterocycles. The number of benzene rings is 1. The Morgan fingerprint density at radius 3 is 2.74 bits per heavy atom. The number of carbonyl (C=O) groups is 1. The van der Waals surface area contributed by atoms with Crippen LogP contribution in [-0.2, 0) is 11.2 Å². The molecule has 1 spiro atoms. The van der Waals surface area contributed by atoms with Gasteiger partial charge in [0.15, 0.2) is 22.1 Å². The molecule has 0 bridgehead atoms. The lowest BCUT2D eigenvalue weighted by molar-refractivity contribution is -0.0537. The minimum atomic E-state index is -0.762. The maximum atomic E-state index is 14.1. The van der Waals surface area contributed by atoms with Gasteiger partial charge in [-0.25, -0.2) is 8.78 Å². The number of likely N-dealkylation sites (N-methyl/N-ethyl adjacent to an activating group) is 2. The van der Waals surface area contributed by atoms with E-state index < -0.39 is 34.4 Å². The molecule has 1 atom stereocenters. The SMILES string of the molecule is CCN1C(=O)c2c(O)c(=O)c(-c3nnc(Cc4ccc(F)cc4F)s3)cn2N(C)C12CCCOC2. The van der Waals surface area contributed by atoms with Crippen LogP contribution in [0, 0.1) is 11.6 Å². The lowest BCUT2D eigenvalue weighted by Gasteiger charge is -2.55. The van der Waals surface area contributed by atoms with Crippen LogP contribution in [0.2, 0.25) is 0 Å². The molecule has 1 aromatic carbocycles. The molecule has 35 heavy (non-hydrogen) atoms. The molecule has 0 radical (unpaired) electrons. The molecule has 2 aliphatic rings. The topological polar surface area (TPSA) is 101 Å². The first-order valence-corrected chi connectivity index (χ1v) is 12.0. The Bertz CT molecular complexity index is 1370. The summed E-state index contributed by atoms with van der Waals surface area (Å²) in [6.45, 7) is 3.10. The van der Waals surface area contributed by atoms with Crippen molar-refractivity contribution in [3.05, 3.63) is 62.5 Å². The van der Waals surface area contributed by atoms with E-state index in [1.54, 1.807) is 11.9 Å². The molecule has 3 aromatic rings. The third-order valence-electron chi connectivity index (χ3n) is 6.61. The molecule has 12 heteroatoms. The average Bonchev–Trinajstić information content (AvgIpc) is 3.30. The van der Waals surface area contributed by atoms with Gasteiger partial charge in [-0.15, -0.1) is 10.2 Å². The number of rotatable bonds is 4. The van der Waals surface area contributed by atoms with Gasteiger partial charge in [0.05, 0.1) is 12.2 Å². The van der Waals surface area contributed by atoms with E-state index in [4.69, 9.17) is 4.74 Å². The summed E-state index contributed by atoms with van der Waals surface area (Å²) in [6, 6.07) is 3.28. The van der Waals surface area contributed by atoms with Crippen molar-refractivity contribution < 1.29 is 23.4 Å². The molecule has 2 aromatic heterocycles. The lowest BCUT2D eigenvalue weighted by Crippen LogP contribution is -2.72. The molecule has 9 nitrogen and oxygen atoms in total. The molecule has 184 valence electrons. The Morgan fingerprint density at radius 1 is 1.26 bits per heavy atom. The first-order valence-electron chi connectivity index (χ1n) is 11.2. The Labute approximate surface area is 203 Å². The van der Waals surface area contributed by atoms with E-state index in [0.29, 0.717) is 24.6 Å². The molecular formula is C23H23F2N5O4S. The van der Waals surface area contributed by atoms with Crippen LogP contribution in [0.3, 0.4) is 0 Å². The van der Waals surface area contributed by atoms with Crippen molar-refractivity contribution in [1.29, 1.82) is 0 Å². The summed E-state index contributed by atoms with van der Waals surface area (Å²) in [6.07, 6.45) is 2.95. The van der Waals surface area contributed by atoms with E-state index in [-0.39, 0.29) is 34.9 Å². The van der Waals surface area contributed by atoms with E-state index in [0.717, 1.165) is 29.9 Å². The van der Waals surface area contributed by atoms with Crippen LogP contribution < -0.4 is 10.4 Å². The van der Waals surface area contributed by atoms with E-state index >= 15 is 0 Å². The third kappa shape index (κ3) is 3.67. The van der Waals surface area contributed by atoms with Gasteiger partial charge in [0.2, 0.25) is 5.43 Å². The number of hydrogen-bond donors (Lipinski definition) is 1. The number of aromatic nitrogens is 3. The summed E-state index contributed by atoms with van der Waals surface area (Å²) in [5.74, 6) is -2.51. The highest BCUT2D eigenvalue weighted by Crippen LogP contribution is 2.36. The largest absolute Gasteiger partial charge is 0.502 e. The van der Waals surface area contributed by atoms with Crippen molar-refractivity contribution in [2.75, 3.05) is 31.8 Å². The summed E-state index contributed by atoms with van der Waals surface area (Å²) in [4.78, 5) is 28.1.